The molecule has 1 aliphatic rings. The van der Waals surface area contributed by atoms with Gasteiger partial charge in [-0.2, -0.15) is 0 Å². The number of pyridine rings is 1. The number of amides is 2. The zero-order chi connectivity index (χ0) is 18.1. The Bertz CT molecular complexity index is 911. The Hall–Kier alpha value is -1.55. The summed E-state index contributed by atoms with van der Waals surface area (Å²) in [6.07, 6.45) is 2.96. The maximum absolute atomic E-state index is 12.9. The Labute approximate surface area is 172 Å². The van der Waals surface area contributed by atoms with Crippen LogP contribution in [0, 0.1) is 3.57 Å². The molecule has 126 valence electrons. The number of carbonyl (C=O) groups excluding carboxylic acids is 2. The number of thiocarbonyl (C=S) groups is 1. The minimum Gasteiger partial charge on any atom is -0.298 e. The van der Waals surface area contributed by atoms with E-state index in [-0.39, 0.29) is 15.8 Å². The number of nitrogens with zero attached hydrogens (tertiary/aromatic N) is 2. The van der Waals surface area contributed by atoms with Crippen molar-refractivity contribution >= 4 is 86.7 Å². The van der Waals surface area contributed by atoms with Crippen molar-refractivity contribution in [2.75, 3.05) is 4.90 Å². The highest BCUT2D eigenvalue weighted by Crippen LogP contribution is 2.26. The molecule has 1 aliphatic heterocycles. The second-order valence-electron chi connectivity index (χ2n) is 4.93. The molecule has 9 heteroatoms. The van der Waals surface area contributed by atoms with Crippen LogP contribution in [-0.4, -0.2) is 21.9 Å². The van der Waals surface area contributed by atoms with E-state index in [4.69, 9.17) is 35.4 Å². The van der Waals surface area contributed by atoms with Crippen LogP contribution < -0.4 is 10.2 Å². The Morgan fingerprint density at radius 3 is 2.48 bits per heavy atom. The number of rotatable bonds is 2. The summed E-state index contributed by atoms with van der Waals surface area (Å²) >= 11 is 19.2. The number of aromatic nitrogens is 1. The standard InChI is InChI=1S/C16H8Cl2IN3O2S/c17-8-1-3-9(4-2-8)22-15(24)11(14(23)21-16(22)25)7-10-12(19)5-6-20-13(10)18/h1-7H,(H,21,23,25). The van der Waals surface area contributed by atoms with E-state index < -0.39 is 11.8 Å². The van der Waals surface area contributed by atoms with E-state index >= 15 is 0 Å². The second-order valence-corrected chi connectivity index (χ2v) is 7.27. The summed E-state index contributed by atoms with van der Waals surface area (Å²) in [4.78, 5) is 30.3. The van der Waals surface area contributed by atoms with E-state index in [1.54, 1.807) is 36.5 Å². The lowest BCUT2D eigenvalue weighted by Gasteiger charge is -2.29. The van der Waals surface area contributed by atoms with Crippen molar-refractivity contribution in [1.29, 1.82) is 0 Å². The predicted octanol–water partition coefficient (Wildman–Crippen LogP) is 3.82. The smallest absolute Gasteiger partial charge is 0.270 e. The molecule has 0 bridgehead atoms. The van der Waals surface area contributed by atoms with Crippen molar-refractivity contribution in [2.24, 2.45) is 0 Å². The zero-order valence-corrected chi connectivity index (χ0v) is 16.8. The van der Waals surface area contributed by atoms with Gasteiger partial charge in [0.25, 0.3) is 11.8 Å². The predicted molar refractivity (Wildman–Crippen MR) is 110 cm³/mol. The largest absolute Gasteiger partial charge is 0.298 e. The number of hydrogen-bond donors (Lipinski definition) is 1. The maximum atomic E-state index is 12.9. The van der Waals surface area contributed by atoms with Crippen LogP contribution in [-0.2, 0) is 9.59 Å². The van der Waals surface area contributed by atoms with Gasteiger partial charge in [0.2, 0.25) is 0 Å². The lowest BCUT2D eigenvalue weighted by atomic mass is 10.1. The normalized spacial score (nSPS) is 16.4. The first-order valence-corrected chi connectivity index (χ1v) is 9.10. The molecule has 2 aromatic rings. The van der Waals surface area contributed by atoms with Crippen LogP contribution in [0.3, 0.4) is 0 Å². The molecule has 5 nitrogen and oxygen atoms in total. The summed E-state index contributed by atoms with van der Waals surface area (Å²) in [5.74, 6) is -1.14. The van der Waals surface area contributed by atoms with Gasteiger partial charge in [-0.15, -0.1) is 0 Å². The first-order chi connectivity index (χ1) is 11.9. The molecule has 0 atom stereocenters. The number of halogens is 3. The van der Waals surface area contributed by atoms with Gasteiger partial charge in [-0.05, 0) is 71.2 Å². The van der Waals surface area contributed by atoms with Gasteiger partial charge in [-0.3, -0.25) is 19.8 Å². The summed E-state index contributed by atoms with van der Waals surface area (Å²) in [7, 11) is 0. The SMILES string of the molecule is O=C1NC(=S)N(c2ccc(Cl)cc2)C(=O)C1=Cc1c(I)ccnc1Cl. The average Bonchev–Trinajstić information content (AvgIpc) is 2.55. The fourth-order valence-electron chi connectivity index (χ4n) is 2.18. The molecule has 25 heavy (non-hydrogen) atoms. The molecule has 0 saturated carbocycles. The molecule has 3 rings (SSSR count). The average molecular weight is 504 g/mol. The van der Waals surface area contributed by atoms with E-state index in [0.29, 0.717) is 16.3 Å². The maximum Gasteiger partial charge on any atom is 0.270 e. The molecule has 2 heterocycles. The van der Waals surface area contributed by atoms with Crippen LogP contribution in [0.1, 0.15) is 5.56 Å². The molecule has 1 aromatic carbocycles. The summed E-state index contributed by atoms with van der Waals surface area (Å²) in [5.41, 5.74) is 0.904. The molecule has 1 fully saturated rings. The van der Waals surface area contributed by atoms with Crippen molar-refractivity contribution in [3.05, 3.63) is 61.4 Å². The molecule has 2 amide bonds. The van der Waals surface area contributed by atoms with Crippen LogP contribution in [0.4, 0.5) is 5.69 Å². The lowest BCUT2D eigenvalue weighted by Crippen LogP contribution is -2.54. The zero-order valence-electron chi connectivity index (χ0n) is 12.3. The molecule has 0 aliphatic carbocycles. The van der Waals surface area contributed by atoms with Crippen LogP contribution in [0.5, 0.6) is 0 Å². The highest BCUT2D eigenvalue weighted by Gasteiger charge is 2.34. The van der Waals surface area contributed by atoms with Gasteiger partial charge >= 0.3 is 0 Å². The van der Waals surface area contributed by atoms with Crippen molar-refractivity contribution in [3.8, 4) is 0 Å². The van der Waals surface area contributed by atoms with E-state index in [0.717, 1.165) is 3.57 Å². The summed E-state index contributed by atoms with van der Waals surface area (Å²) in [5, 5.41) is 3.24. The van der Waals surface area contributed by atoms with E-state index in [1.165, 1.54) is 11.0 Å². The molecule has 1 aromatic heterocycles. The minimum absolute atomic E-state index is 0.00135. The first-order valence-electron chi connectivity index (χ1n) is 6.85. The number of anilines is 1. The minimum atomic E-state index is -0.587. The van der Waals surface area contributed by atoms with Gasteiger partial charge < -0.3 is 0 Å². The third-order valence-corrected chi connectivity index (χ3v) is 5.14. The van der Waals surface area contributed by atoms with Gasteiger partial charge in [-0.25, -0.2) is 4.98 Å². The van der Waals surface area contributed by atoms with E-state index in [2.05, 4.69) is 32.9 Å². The van der Waals surface area contributed by atoms with E-state index in [1.807, 2.05) is 0 Å². The Morgan fingerprint density at radius 1 is 1.16 bits per heavy atom. The Balaban J connectivity index is 2.07. The fraction of sp³-hybridized carbons (Fsp3) is 0. The van der Waals surface area contributed by atoms with Crippen LogP contribution in [0.15, 0.2) is 42.1 Å². The van der Waals surface area contributed by atoms with Gasteiger partial charge in [-0.1, -0.05) is 23.2 Å². The van der Waals surface area contributed by atoms with Gasteiger partial charge in [0.05, 0.1) is 5.69 Å². The Morgan fingerprint density at radius 2 is 1.84 bits per heavy atom. The van der Waals surface area contributed by atoms with Crippen molar-refractivity contribution in [3.63, 3.8) is 0 Å². The summed E-state index contributed by atoms with van der Waals surface area (Å²) in [6, 6.07) is 8.28. The molecular formula is C16H8Cl2IN3O2S. The highest BCUT2D eigenvalue weighted by molar-refractivity contribution is 14.1. The van der Waals surface area contributed by atoms with Crippen molar-refractivity contribution < 1.29 is 9.59 Å². The van der Waals surface area contributed by atoms with Crippen molar-refractivity contribution in [2.45, 2.75) is 0 Å². The number of nitrogens with one attached hydrogen (secondary N) is 1. The summed E-state index contributed by atoms with van der Waals surface area (Å²) < 4.78 is 0.761. The van der Waals surface area contributed by atoms with Crippen molar-refractivity contribution in [1.82, 2.24) is 10.3 Å². The molecular weight excluding hydrogens is 496 g/mol. The van der Waals surface area contributed by atoms with Crippen LogP contribution in [0.2, 0.25) is 10.2 Å². The molecule has 0 radical (unpaired) electrons. The Kier molecular flexibility index (Phi) is 5.38. The summed E-state index contributed by atoms with van der Waals surface area (Å²) in [6.45, 7) is 0. The lowest BCUT2D eigenvalue weighted by molar-refractivity contribution is -0.122. The van der Waals surface area contributed by atoms with Crippen LogP contribution in [0.25, 0.3) is 6.08 Å². The third kappa shape index (κ3) is 3.69. The first kappa shape index (κ1) is 18.2. The third-order valence-electron chi connectivity index (χ3n) is 3.36. The number of hydrogen-bond acceptors (Lipinski definition) is 4. The van der Waals surface area contributed by atoms with Crippen LogP contribution >= 0.6 is 58.0 Å². The van der Waals surface area contributed by atoms with E-state index in [9.17, 15) is 9.59 Å². The number of benzene rings is 1. The molecule has 0 unspecified atom stereocenters. The molecule has 1 N–H and O–H groups in total. The van der Waals surface area contributed by atoms with Gasteiger partial charge in [0.1, 0.15) is 10.7 Å². The topological polar surface area (TPSA) is 62.3 Å². The molecule has 0 spiro atoms. The molecule has 1 saturated heterocycles. The monoisotopic (exact) mass is 503 g/mol. The van der Waals surface area contributed by atoms with Gasteiger partial charge in [0.15, 0.2) is 5.11 Å². The quantitative estimate of drug-likeness (QED) is 0.222. The fourth-order valence-corrected chi connectivity index (χ4v) is 3.53. The highest BCUT2D eigenvalue weighted by atomic mass is 127. The van der Waals surface area contributed by atoms with Gasteiger partial charge in [0, 0.05) is 20.4 Å². The second kappa shape index (κ2) is 7.36. The number of carbonyl (C=O) groups is 2.